The van der Waals surface area contributed by atoms with E-state index in [1.54, 1.807) is 48.5 Å². The molecule has 0 spiro atoms. The van der Waals surface area contributed by atoms with E-state index in [1.807, 2.05) is 30.3 Å². The summed E-state index contributed by atoms with van der Waals surface area (Å²) in [5, 5.41) is 8.00. The lowest BCUT2D eigenvalue weighted by molar-refractivity contribution is -0.117. The third kappa shape index (κ3) is 7.23. The standard InChI is InChI=1S/C30H28FN3O5S/c1-39-27-17-16-23(19-25(27)31)33-30(36)34-26(18-20-8-4-3-5-9-20)29(35)32-22-14-12-21(13-15-22)24-10-6-7-11-28(24)40(2,37)38/h3-17,19,26H,18H2,1-2H3,(H,32,35)(H2,33,34,36). The number of ether oxygens (including phenoxy) is 1. The molecule has 1 atom stereocenters. The van der Waals surface area contributed by atoms with Gasteiger partial charge in [-0.05, 0) is 41.5 Å². The minimum atomic E-state index is -3.43. The van der Waals surface area contributed by atoms with Crippen molar-refractivity contribution in [3.63, 3.8) is 0 Å². The zero-order valence-electron chi connectivity index (χ0n) is 21.8. The lowest BCUT2D eigenvalue weighted by Gasteiger charge is -2.19. The number of urea groups is 1. The molecule has 0 saturated carbocycles. The first-order chi connectivity index (χ1) is 19.1. The Labute approximate surface area is 232 Å². The van der Waals surface area contributed by atoms with Gasteiger partial charge in [0.1, 0.15) is 6.04 Å². The molecule has 0 aliphatic heterocycles. The topological polar surface area (TPSA) is 114 Å². The van der Waals surface area contributed by atoms with E-state index in [0.717, 1.165) is 17.9 Å². The molecular formula is C30H28FN3O5S. The van der Waals surface area contributed by atoms with E-state index in [2.05, 4.69) is 16.0 Å². The van der Waals surface area contributed by atoms with Crippen molar-refractivity contribution >= 4 is 33.2 Å². The van der Waals surface area contributed by atoms with Gasteiger partial charge in [-0.15, -0.1) is 0 Å². The summed E-state index contributed by atoms with van der Waals surface area (Å²) >= 11 is 0. The first-order valence-corrected chi connectivity index (χ1v) is 14.2. The molecule has 0 heterocycles. The summed E-state index contributed by atoms with van der Waals surface area (Å²) in [4.78, 5) is 26.2. The fraction of sp³-hybridized carbons (Fsp3) is 0.133. The van der Waals surface area contributed by atoms with Crippen LogP contribution in [0.4, 0.5) is 20.6 Å². The molecule has 4 aromatic carbocycles. The highest BCUT2D eigenvalue weighted by Crippen LogP contribution is 2.28. The maximum absolute atomic E-state index is 14.0. The highest BCUT2D eigenvalue weighted by atomic mass is 32.2. The van der Waals surface area contributed by atoms with Crippen LogP contribution >= 0.6 is 0 Å². The number of nitrogens with one attached hydrogen (secondary N) is 3. The second-order valence-electron chi connectivity index (χ2n) is 9.03. The van der Waals surface area contributed by atoms with Crippen LogP contribution < -0.4 is 20.7 Å². The summed E-state index contributed by atoms with van der Waals surface area (Å²) in [5.41, 5.74) is 2.70. The van der Waals surface area contributed by atoms with Crippen LogP contribution in [-0.2, 0) is 21.1 Å². The predicted octanol–water partition coefficient (Wildman–Crippen LogP) is 5.28. The SMILES string of the molecule is COc1ccc(NC(=O)NC(Cc2ccccc2)C(=O)Nc2ccc(-c3ccccc3S(C)(=O)=O)cc2)cc1F. The summed E-state index contributed by atoms with van der Waals surface area (Å²) in [6.07, 6.45) is 1.36. The van der Waals surface area contributed by atoms with Gasteiger partial charge in [-0.25, -0.2) is 17.6 Å². The Morgan fingerprint density at radius 2 is 1.50 bits per heavy atom. The highest BCUT2D eigenvalue weighted by molar-refractivity contribution is 7.90. The molecule has 0 bridgehead atoms. The Morgan fingerprint density at radius 1 is 0.850 bits per heavy atom. The number of hydrogen-bond donors (Lipinski definition) is 3. The average Bonchev–Trinajstić information content (AvgIpc) is 2.93. The van der Waals surface area contributed by atoms with Crippen molar-refractivity contribution < 1.29 is 27.1 Å². The molecule has 8 nitrogen and oxygen atoms in total. The number of carbonyl (C=O) groups excluding carboxylic acids is 2. The van der Waals surface area contributed by atoms with Gasteiger partial charge in [0.05, 0.1) is 12.0 Å². The zero-order valence-corrected chi connectivity index (χ0v) is 22.7. The van der Waals surface area contributed by atoms with Crippen molar-refractivity contribution in [2.24, 2.45) is 0 Å². The van der Waals surface area contributed by atoms with Crippen molar-refractivity contribution in [2.75, 3.05) is 24.0 Å². The van der Waals surface area contributed by atoms with Crippen LogP contribution in [0.1, 0.15) is 5.56 Å². The van der Waals surface area contributed by atoms with E-state index in [-0.39, 0.29) is 22.8 Å². The Hall–Kier alpha value is -4.70. The summed E-state index contributed by atoms with van der Waals surface area (Å²) in [6.45, 7) is 0. The predicted molar refractivity (Wildman–Crippen MR) is 153 cm³/mol. The summed E-state index contributed by atoms with van der Waals surface area (Å²) < 4.78 is 43.3. The summed E-state index contributed by atoms with van der Waals surface area (Å²) in [6, 6.07) is 25.0. The number of amides is 3. The number of benzene rings is 4. The number of rotatable bonds is 9. The molecule has 0 aromatic heterocycles. The number of hydrogen-bond acceptors (Lipinski definition) is 5. The van der Waals surface area contributed by atoms with Gasteiger partial charge in [-0.2, -0.15) is 0 Å². The van der Waals surface area contributed by atoms with Gasteiger partial charge >= 0.3 is 6.03 Å². The molecule has 4 aromatic rings. The monoisotopic (exact) mass is 561 g/mol. The molecule has 206 valence electrons. The van der Waals surface area contributed by atoms with E-state index in [4.69, 9.17) is 4.74 Å². The molecule has 0 aliphatic rings. The molecule has 3 N–H and O–H groups in total. The zero-order chi connectivity index (χ0) is 28.7. The molecule has 3 amide bonds. The third-order valence-corrected chi connectivity index (χ3v) is 7.22. The molecule has 0 saturated heterocycles. The van der Waals surface area contributed by atoms with Crippen LogP contribution in [0.5, 0.6) is 5.75 Å². The number of carbonyl (C=O) groups is 2. The molecule has 40 heavy (non-hydrogen) atoms. The Morgan fingerprint density at radius 3 is 2.15 bits per heavy atom. The van der Waals surface area contributed by atoms with Crippen molar-refractivity contribution in [1.29, 1.82) is 0 Å². The minimum absolute atomic E-state index is 0.0399. The quantitative estimate of drug-likeness (QED) is 0.258. The van der Waals surface area contributed by atoms with Gasteiger partial charge < -0.3 is 20.7 Å². The molecule has 1 unspecified atom stereocenters. The fourth-order valence-electron chi connectivity index (χ4n) is 4.12. The lowest BCUT2D eigenvalue weighted by atomic mass is 10.0. The Kier molecular flexibility index (Phi) is 8.80. The maximum atomic E-state index is 14.0. The second kappa shape index (κ2) is 12.4. The smallest absolute Gasteiger partial charge is 0.319 e. The van der Waals surface area contributed by atoms with Crippen LogP contribution in [0.25, 0.3) is 11.1 Å². The van der Waals surface area contributed by atoms with Crippen LogP contribution in [0.2, 0.25) is 0 Å². The average molecular weight is 562 g/mol. The van der Waals surface area contributed by atoms with E-state index in [9.17, 15) is 22.4 Å². The van der Waals surface area contributed by atoms with Gasteiger partial charge in [0.25, 0.3) is 0 Å². The van der Waals surface area contributed by atoms with E-state index >= 15 is 0 Å². The van der Waals surface area contributed by atoms with Crippen molar-refractivity contribution in [1.82, 2.24) is 5.32 Å². The summed E-state index contributed by atoms with van der Waals surface area (Å²) in [7, 11) is -2.09. The van der Waals surface area contributed by atoms with E-state index in [1.165, 1.54) is 19.2 Å². The number of sulfone groups is 1. The fourth-order valence-corrected chi connectivity index (χ4v) is 5.03. The number of methoxy groups -OCH3 is 1. The molecule has 4 rings (SSSR count). The first-order valence-electron chi connectivity index (χ1n) is 12.3. The Balaban J connectivity index is 1.50. The molecule has 0 aliphatic carbocycles. The van der Waals surface area contributed by atoms with Crippen LogP contribution in [0.3, 0.4) is 0 Å². The Bertz CT molecular complexity index is 1610. The van der Waals surface area contributed by atoms with Gasteiger partial charge in [-0.3, -0.25) is 4.79 Å². The normalized spacial score (nSPS) is 11.8. The first kappa shape index (κ1) is 28.3. The number of anilines is 2. The van der Waals surface area contributed by atoms with Gasteiger partial charge in [-0.1, -0.05) is 60.7 Å². The van der Waals surface area contributed by atoms with Crippen LogP contribution in [0.15, 0.2) is 102 Å². The largest absolute Gasteiger partial charge is 0.494 e. The van der Waals surface area contributed by atoms with E-state index in [0.29, 0.717) is 16.8 Å². The number of halogens is 1. The third-order valence-electron chi connectivity index (χ3n) is 6.06. The van der Waals surface area contributed by atoms with Crippen molar-refractivity contribution in [3.05, 3.63) is 108 Å². The molecule has 10 heteroatoms. The van der Waals surface area contributed by atoms with Crippen molar-refractivity contribution in [2.45, 2.75) is 17.4 Å². The molecular weight excluding hydrogens is 533 g/mol. The summed E-state index contributed by atoms with van der Waals surface area (Å²) in [5.74, 6) is -1.07. The maximum Gasteiger partial charge on any atom is 0.319 e. The van der Waals surface area contributed by atoms with Crippen LogP contribution in [-0.4, -0.2) is 39.8 Å². The molecule has 0 radical (unpaired) electrons. The van der Waals surface area contributed by atoms with E-state index < -0.39 is 33.6 Å². The second-order valence-corrected chi connectivity index (χ2v) is 11.0. The van der Waals surface area contributed by atoms with Gasteiger partial charge in [0.2, 0.25) is 5.91 Å². The molecule has 0 fully saturated rings. The minimum Gasteiger partial charge on any atom is -0.494 e. The highest BCUT2D eigenvalue weighted by Gasteiger charge is 2.22. The van der Waals surface area contributed by atoms with Crippen molar-refractivity contribution in [3.8, 4) is 16.9 Å². The van der Waals surface area contributed by atoms with Gasteiger partial charge in [0.15, 0.2) is 21.4 Å². The lowest BCUT2D eigenvalue weighted by Crippen LogP contribution is -2.46. The van der Waals surface area contributed by atoms with Gasteiger partial charge in [0, 0.05) is 35.7 Å². The van der Waals surface area contributed by atoms with Crippen LogP contribution in [0, 0.1) is 5.82 Å².